The molecule has 0 amide bonds. The van der Waals surface area contributed by atoms with E-state index in [9.17, 15) is 0 Å². The topological polar surface area (TPSA) is 20.2 Å². The third kappa shape index (κ3) is 9.83. The first kappa shape index (κ1) is 15.9. The zero-order valence-corrected chi connectivity index (χ0v) is 11.5. The molecule has 0 unspecified atom stereocenters. The van der Waals surface area contributed by atoms with E-state index in [1.54, 1.807) is 0 Å². The largest absolute Gasteiger partial charge is 0.392 e. The van der Waals surface area contributed by atoms with E-state index in [2.05, 4.69) is 39.5 Å². The van der Waals surface area contributed by atoms with E-state index in [0.717, 1.165) is 31.3 Å². The molecule has 0 rings (SSSR count). The van der Waals surface area contributed by atoms with Gasteiger partial charge in [0, 0.05) is 0 Å². The van der Waals surface area contributed by atoms with Crippen molar-refractivity contribution in [1.29, 1.82) is 0 Å². The van der Waals surface area contributed by atoms with Gasteiger partial charge >= 0.3 is 0 Å². The lowest BCUT2D eigenvalue weighted by Crippen LogP contribution is -1.83. The predicted octanol–water partition coefficient (Wildman–Crippen LogP) is 4.56. The molecule has 0 fully saturated rings. The zero-order valence-electron chi connectivity index (χ0n) is 11.5. The Hall–Kier alpha value is -1.08. The van der Waals surface area contributed by atoms with Gasteiger partial charge in [0.25, 0.3) is 0 Å². The Balaban J connectivity index is 3.95. The van der Waals surface area contributed by atoms with Gasteiger partial charge in [-0.15, -0.1) is 0 Å². The van der Waals surface area contributed by atoms with E-state index in [4.69, 9.17) is 5.11 Å². The van der Waals surface area contributed by atoms with E-state index >= 15 is 0 Å². The molecule has 96 valence electrons. The Bertz CT molecular complexity index is 301. The Morgan fingerprint density at radius 3 is 2.18 bits per heavy atom. The Kier molecular flexibility index (Phi) is 9.46. The van der Waals surface area contributed by atoms with Gasteiger partial charge in [0.15, 0.2) is 0 Å². The fourth-order valence-electron chi connectivity index (χ4n) is 1.58. The second kappa shape index (κ2) is 10.1. The van der Waals surface area contributed by atoms with Crippen LogP contribution in [0.25, 0.3) is 0 Å². The van der Waals surface area contributed by atoms with E-state index in [0.29, 0.717) is 0 Å². The van der Waals surface area contributed by atoms with Gasteiger partial charge in [-0.25, -0.2) is 0 Å². The molecule has 0 heterocycles. The third-order valence-corrected chi connectivity index (χ3v) is 2.63. The molecule has 0 aromatic carbocycles. The van der Waals surface area contributed by atoms with E-state index < -0.39 is 0 Å². The molecule has 0 radical (unpaired) electrons. The Morgan fingerprint density at radius 2 is 1.65 bits per heavy atom. The fraction of sp³-hybridized carbons (Fsp3) is 0.500. The van der Waals surface area contributed by atoms with Gasteiger partial charge < -0.3 is 5.11 Å². The van der Waals surface area contributed by atoms with Crippen molar-refractivity contribution < 1.29 is 5.11 Å². The van der Waals surface area contributed by atoms with Crippen molar-refractivity contribution in [2.45, 2.75) is 46.5 Å². The van der Waals surface area contributed by atoms with Gasteiger partial charge in [-0.2, -0.15) is 0 Å². The molecule has 0 saturated heterocycles. The van der Waals surface area contributed by atoms with Gasteiger partial charge in [-0.1, -0.05) is 47.6 Å². The predicted molar refractivity (Wildman–Crippen MR) is 77.0 cm³/mol. The smallest absolute Gasteiger partial charge is 0.0618 e. The first-order valence-electron chi connectivity index (χ1n) is 6.31. The van der Waals surface area contributed by atoms with Crippen molar-refractivity contribution >= 4 is 0 Å². The summed E-state index contributed by atoms with van der Waals surface area (Å²) in [6.45, 7) is 10.3. The summed E-state index contributed by atoms with van der Waals surface area (Å²) >= 11 is 0. The molecular weight excluding hydrogens is 208 g/mol. The maximum absolute atomic E-state index is 8.80. The van der Waals surface area contributed by atoms with Gasteiger partial charge in [0.05, 0.1) is 6.61 Å². The van der Waals surface area contributed by atoms with Crippen LogP contribution in [0.2, 0.25) is 0 Å². The van der Waals surface area contributed by atoms with E-state index in [1.807, 2.05) is 12.2 Å². The molecule has 17 heavy (non-hydrogen) atoms. The molecule has 0 aromatic heterocycles. The van der Waals surface area contributed by atoms with Crippen molar-refractivity contribution in [3.63, 3.8) is 0 Å². The first-order chi connectivity index (χ1) is 8.10. The van der Waals surface area contributed by atoms with E-state index in [1.165, 1.54) is 11.1 Å². The van der Waals surface area contributed by atoms with E-state index in [-0.39, 0.29) is 6.61 Å². The van der Waals surface area contributed by atoms with Crippen LogP contribution in [0, 0.1) is 0 Å². The monoisotopic (exact) mass is 234 g/mol. The summed E-state index contributed by atoms with van der Waals surface area (Å²) in [5.74, 6) is 0. The van der Waals surface area contributed by atoms with Crippen molar-refractivity contribution in [3.05, 3.63) is 47.6 Å². The Labute approximate surface area is 106 Å². The van der Waals surface area contributed by atoms with Crippen LogP contribution in [0.5, 0.6) is 0 Å². The number of aliphatic hydroxyl groups is 1. The van der Waals surface area contributed by atoms with Crippen LogP contribution in [0.1, 0.15) is 46.5 Å². The average Bonchev–Trinajstić information content (AvgIpc) is 2.27. The summed E-state index contributed by atoms with van der Waals surface area (Å²) in [4.78, 5) is 0. The molecule has 0 aromatic rings. The van der Waals surface area contributed by atoms with Gasteiger partial charge in [0.1, 0.15) is 0 Å². The number of allylic oxidation sites excluding steroid dienone is 6. The summed E-state index contributed by atoms with van der Waals surface area (Å²) in [5.41, 5.74) is 3.95. The minimum Gasteiger partial charge on any atom is -0.392 e. The number of hydrogen-bond acceptors (Lipinski definition) is 1. The van der Waals surface area contributed by atoms with Crippen LogP contribution >= 0.6 is 0 Å². The standard InChI is InChI=1S/C16H26O/c1-5-16(12-13-17)11-7-10-15(4)9-6-8-14(2)3/h5,8,10,12,17H,1,6-7,9,11,13H2,2-4H3/b15-10+,16-12+. The molecule has 1 N–H and O–H groups in total. The van der Waals surface area contributed by atoms with Gasteiger partial charge in [-0.05, 0) is 46.5 Å². The van der Waals surface area contributed by atoms with Gasteiger partial charge in [0.2, 0.25) is 0 Å². The fourth-order valence-corrected chi connectivity index (χ4v) is 1.58. The highest BCUT2D eigenvalue weighted by atomic mass is 16.2. The van der Waals surface area contributed by atoms with Crippen LogP contribution in [0.15, 0.2) is 47.6 Å². The summed E-state index contributed by atoms with van der Waals surface area (Å²) in [7, 11) is 0. The molecule has 0 saturated carbocycles. The van der Waals surface area contributed by atoms with Gasteiger partial charge in [-0.3, -0.25) is 0 Å². The third-order valence-electron chi connectivity index (χ3n) is 2.63. The Morgan fingerprint density at radius 1 is 1.00 bits per heavy atom. The van der Waals surface area contributed by atoms with Crippen molar-refractivity contribution in [2.75, 3.05) is 6.61 Å². The van der Waals surface area contributed by atoms with Crippen LogP contribution in [-0.4, -0.2) is 11.7 Å². The quantitative estimate of drug-likeness (QED) is 0.482. The van der Waals surface area contributed by atoms with Crippen molar-refractivity contribution in [3.8, 4) is 0 Å². The molecular formula is C16H26O. The summed E-state index contributed by atoms with van der Waals surface area (Å²) < 4.78 is 0. The van der Waals surface area contributed by atoms with Crippen molar-refractivity contribution in [2.24, 2.45) is 0 Å². The van der Waals surface area contributed by atoms with Crippen LogP contribution in [0.3, 0.4) is 0 Å². The summed E-state index contributed by atoms with van der Waals surface area (Å²) in [6, 6.07) is 0. The molecule has 0 aliphatic rings. The normalized spacial score (nSPS) is 12.5. The number of hydrogen-bond donors (Lipinski definition) is 1. The molecule has 0 bridgehead atoms. The van der Waals surface area contributed by atoms with Crippen LogP contribution in [-0.2, 0) is 0 Å². The summed E-state index contributed by atoms with van der Waals surface area (Å²) in [5, 5.41) is 8.80. The highest BCUT2D eigenvalue weighted by Gasteiger charge is 1.92. The highest BCUT2D eigenvalue weighted by molar-refractivity contribution is 5.17. The van der Waals surface area contributed by atoms with Crippen molar-refractivity contribution in [1.82, 2.24) is 0 Å². The minimum absolute atomic E-state index is 0.102. The second-order valence-electron chi connectivity index (χ2n) is 4.58. The lowest BCUT2D eigenvalue weighted by Gasteiger charge is -2.01. The average molecular weight is 234 g/mol. The first-order valence-corrected chi connectivity index (χ1v) is 6.31. The number of aliphatic hydroxyl groups excluding tert-OH is 1. The minimum atomic E-state index is 0.102. The number of rotatable bonds is 8. The SMILES string of the molecule is C=C/C(=C\CO)CC/C=C(\C)CCC=C(C)C. The zero-order chi connectivity index (χ0) is 13.1. The molecule has 0 aliphatic heterocycles. The van der Waals surface area contributed by atoms with Crippen LogP contribution < -0.4 is 0 Å². The molecule has 1 nitrogen and oxygen atoms in total. The second-order valence-corrected chi connectivity index (χ2v) is 4.58. The molecule has 0 spiro atoms. The highest BCUT2D eigenvalue weighted by Crippen LogP contribution is 2.11. The maximum atomic E-state index is 8.80. The van der Waals surface area contributed by atoms with Crippen LogP contribution in [0.4, 0.5) is 0 Å². The summed E-state index contributed by atoms with van der Waals surface area (Å²) in [6.07, 6.45) is 12.5. The molecule has 0 atom stereocenters. The molecule has 0 aliphatic carbocycles. The lowest BCUT2D eigenvalue weighted by atomic mass is 10.1. The lowest BCUT2D eigenvalue weighted by molar-refractivity contribution is 0.342. The molecule has 1 heteroatoms. The maximum Gasteiger partial charge on any atom is 0.0618 e.